The fraction of sp³-hybridized carbons (Fsp3) is 0.400. The van der Waals surface area contributed by atoms with Crippen molar-refractivity contribution in [1.82, 2.24) is 4.98 Å². The maximum absolute atomic E-state index is 8.60. The second kappa shape index (κ2) is 5.15. The van der Waals surface area contributed by atoms with Crippen LogP contribution in [0.4, 0.5) is 0 Å². The number of hydrogen-bond donors (Lipinski definition) is 0. The maximum Gasteiger partial charge on any atom is 0.214 e. The minimum absolute atomic E-state index is 0.535. The van der Waals surface area contributed by atoms with Crippen LogP contribution in [-0.4, -0.2) is 11.6 Å². The first kappa shape index (κ1) is 9.53. The molecule has 0 aliphatic carbocycles. The van der Waals surface area contributed by atoms with E-state index in [1.807, 2.05) is 6.07 Å². The van der Waals surface area contributed by atoms with E-state index in [-0.39, 0.29) is 0 Å². The molecular weight excluding hydrogens is 164 g/mol. The first-order valence-electron chi connectivity index (χ1n) is 4.35. The molecule has 0 amide bonds. The van der Waals surface area contributed by atoms with E-state index in [2.05, 4.69) is 11.9 Å². The van der Waals surface area contributed by atoms with Gasteiger partial charge in [0, 0.05) is 12.3 Å². The van der Waals surface area contributed by atoms with Crippen LogP contribution in [-0.2, 0) is 0 Å². The van der Waals surface area contributed by atoms with Crippen molar-refractivity contribution in [2.75, 3.05) is 6.61 Å². The first-order chi connectivity index (χ1) is 6.36. The van der Waals surface area contributed by atoms with Crippen molar-refractivity contribution in [3.63, 3.8) is 0 Å². The molecule has 0 spiro atoms. The molecule has 0 saturated carbocycles. The largest absolute Gasteiger partial charge is 0.478 e. The van der Waals surface area contributed by atoms with Gasteiger partial charge in [-0.2, -0.15) is 5.26 Å². The minimum Gasteiger partial charge on any atom is -0.478 e. The van der Waals surface area contributed by atoms with Crippen LogP contribution < -0.4 is 4.74 Å². The number of pyridine rings is 1. The number of nitriles is 1. The fourth-order valence-electron chi connectivity index (χ4n) is 0.879. The van der Waals surface area contributed by atoms with E-state index in [9.17, 15) is 0 Å². The summed E-state index contributed by atoms with van der Waals surface area (Å²) in [5.41, 5.74) is 0.585. The fourth-order valence-corrected chi connectivity index (χ4v) is 0.879. The normalized spacial score (nSPS) is 9.23. The molecule has 0 aromatic carbocycles. The average molecular weight is 176 g/mol. The Balaban J connectivity index is 2.52. The second-order valence-electron chi connectivity index (χ2n) is 2.70. The molecule has 0 fully saturated rings. The summed E-state index contributed by atoms with van der Waals surface area (Å²) in [5.74, 6) is 0.535. The highest BCUT2D eigenvalue weighted by molar-refractivity contribution is 5.31. The monoisotopic (exact) mass is 176 g/mol. The van der Waals surface area contributed by atoms with Gasteiger partial charge in [0.1, 0.15) is 0 Å². The molecule has 0 aliphatic rings. The van der Waals surface area contributed by atoms with Gasteiger partial charge >= 0.3 is 0 Å². The van der Waals surface area contributed by atoms with E-state index >= 15 is 0 Å². The number of aromatic nitrogens is 1. The van der Waals surface area contributed by atoms with Crippen LogP contribution in [0.1, 0.15) is 25.3 Å². The molecule has 0 atom stereocenters. The third-order valence-electron chi connectivity index (χ3n) is 1.61. The Morgan fingerprint density at radius 3 is 3.15 bits per heavy atom. The van der Waals surface area contributed by atoms with E-state index in [0.29, 0.717) is 18.1 Å². The predicted molar refractivity (Wildman–Crippen MR) is 49.4 cm³/mol. The summed E-state index contributed by atoms with van der Waals surface area (Å²) in [7, 11) is 0. The molecule has 0 saturated heterocycles. The number of unbranched alkanes of at least 4 members (excludes halogenated alkanes) is 1. The van der Waals surface area contributed by atoms with Gasteiger partial charge in [0.2, 0.25) is 5.88 Å². The molecule has 68 valence electrons. The van der Waals surface area contributed by atoms with E-state index in [1.165, 1.54) is 0 Å². The van der Waals surface area contributed by atoms with Crippen molar-refractivity contribution >= 4 is 0 Å². The lowest BCUT2D eigenvalue weighted by Crippen LogP contribution is -1.98. The standard InChI is InChI=1S/C10H12N2O/c1-2-3-6-13-10-7-9(8-11)4-5-12-10/h4-5,7H,2-3,6H2,1H3. The Bertz CT molecular complexity index is 304. The van der Waals surface area contributed by atoms with E-state index < -0.39 is 0 Å². The average Bonchev–Trinajstić information content (AvgIpc) is 2.19. The number of hydrogen-bond acceptors (Lipinski definition) is 3. The Hall–Kier alpha value is -1.56. The quantitative estimate of drug-likeness (QED) is 0.660. The van der Waals surface area contributed by atoms with Gasteiger partial charge in [-0.25, -0.2) is 4.98 Å². The predicted octanol–water partition coefficient (Wildman–Crippen LogP) is 2.13. The molecule has 0 unspecified atom stereocenters. The summed E-state index contributed by atoms with van der Waals surface area (Å²) < 4.78 is 5.33. The Morgan fingerprint density at radius 1 is 1.62 bits per heavy atom. The van der Waals surface area contributed by atoms with Crippen molar-refractivity contribution in [1.29, 1.82) is 5.26 Å². The van der Waals surface area contributed by atoms with Crippen LogP contribution in [0.5, 0.6) is 5.88 Å². The highest BCUT2D eigenvalue weighted by Gasteiger charge is 1.96. The number of ether oxygens (including phenoxy) is 1. The summed E-state index contributed by atoms with van der Waals surface area (Å²) in [6.45, 7) is 2.76. The topological polar surface area (TPSA) is 45.9 Å². The lowest BCUT2D eigenvalue weighted by atomic mass is 10.3. The van der Waals surface area contributed by atoms with Crippen molar-refractivity contribution in [2.24, 2.45) is 0 Å². The molecule has 13 heavy (non-hydrogen) atoms. The summed E-state index contributed by atoms with van der Waals surface area (Å²) in [4.78, 5) is 3.99. The molecule has 0 N–H and O–H groups in total. The Morgan fingerprint density at radius 2 is 2.46 bits per heavy atom. The van der Waals surface area contributed by atoms with Gasteiger partial charge in [-0.05, 0) is 12.5 Å². The molecule has 1 heterocycles. The highest BCUT2D eigenvalue weighted by atomic mass is 16.5. The first-order valence-corrected chi connectivity index (χ1v) is 4.35. The molecular formula is C10H12N2O. The zero-order valence-corrected chi connectivity index (χ0v) is 7.66. The number of nitrogens with zero attached hydrogens (tertiary/aromatic N) is 2. The van der Waals surface area contributed by atoms with Crippen LogP contribution in [0, 0.1) is 11.3 Å². The summed E-state index contributed by atoms with van der Waals surface area (Å²) in [5, 5.41) is 8.60. The van der Waals surface area contributed by atoms with Gasteiger partial charge in [-0.15, -0.1) is 0 Å². The minimum atomic E-state index is 0.535. The third-order valence-corrected chi connectivity index (χ3v) is 1.61. The van der Waals surface area contributed by atoms with Gasteiger partial charge in [0.25, 0.3) is 0 Å². The van der Waals surface area contributed by atoms with Crippen LogP contribution in [0.15, 0.2) is 18.3 Å². The van der Waals surface area contributed by atoms with E-state index in [0.717, 1.165) is 12.8 Å². The zero-order chi connectivity index (χ0) is 9.52. The zero-order valence-electron chi connectivity index (χ0n) is 7.66. The van der Waals surface area contributed by atoms with Gasteiger partial charge in [0.15, 0.2) is 0 Å². The van der Waals surface area contributed by atoms with Crippen molar-refractivity contribution in [3.8, 4) is 11.9 Å². The third kappa shape index (κ3) is 3.12. The van der Waals surface area contributed by atoms with Crippen molar-refractivity contribution in [3.05, 3.63) is 23.9 Å². The van der Waals surface area contributed by atoms with Crippen molar-refractivity contribution < 1.29 is 4.74 Å². The smallest absolute Gasteiger partial charge is 0.214 e. The van der Waals surface area contributed by atoms with Crippen LogP contribution in [0.2, 0.25) is 0 Å². The van der Waals surface area contributed by atoms with Crippen molar-refractivity contribution in [2.45, 2.75) is 19.8 Å². The van der Waals surface area contributed by atoms with Crippen LogP contribution in [0.3, 0.4) is 0 Å². The molecule has 0 radical (unpaired) electrons. The maximum atomic E-state index is 8.60. The molecule has 1 aromatic heterocycles. The lowest BCUT2D eigenvalue weighted by Gasteiger charge is -2.02. The van der Waals surface area contributed by atoms with Gasteiger partial charge < -0.3 is 4.74 Å². The number of rotatable bonds is 4. The van der Waals surface area contributed by atoms with E-state index in [4.69, 9.17) is 10.00 Å². The van der Waals surface area contributed by atoms with Gasteiger partial charge in [0.05, 0.1) is 18.2 Å². The lowest BCUT2D eigenvalue weighted by molar-refractivity contribution is 0.297. The second-order valence-corrected chi connectivity index (χ2v) is 2.70. The molecule has 0 bridgehead atoms. The van der Waals surface area contributed by atoms with E-state index in [1.54, 1.807) is 18.3 Å². The Kier molecular flexibility index (Phi) is 3.77. The SMILES string of the molecule is CCCCOc1cc(C#N)ccn1. The Labute approximate surface area is 78.0 Å². The van der Waals surface area contributed by atoms with Gasteiger partial charge in [-0.1, -0.05) is 13.3 Å². The summed E-state index contributed by atoms with van der Waals surface area (Å²) >= 11 is 0. The summed E-state index contributed by atoms with van der Waals surface area (Å²) in [6.07, 6.45) is 3.69. The summed E-state index contributed by atoms with van der Waals surface area (Å²) in [6, 6.07) is 5.35. The van der Waals surface area contributed by atoms with Crippen LogP contribution >= 0.6 is 0 Å². The molecule has 1 rings (SSSR count). The van der Waals surface area contributed by atoms with Gasteiger partial charge in [-0.3, -0.25) is 0 Å². The van der Waals surface area contributed by atoms with Crippen LogP contribution in [0.25, 0.3) is 0 Å². The molecule has 3 nitrogen and oxygen atoms in total. The highest BCUT2D eigenvalue weighted by Crippen LogP contribution is 2.08. The molecule has 0 aliphatic heterocycles. The molecule has 3 heteroatoms. The molecule has 1 aromatic rings.